The summed E-state index contributed by atoms with van der Waals surface area (Å²) >= 11 is 0. The van der Waals surface area contributed by atoms with Gasteiger partial charge in [0.05, 0.1) is 25.2 Å². The minimum Gasteiger partial charge on any atom is -0.465 e. The summed E-state index contributed by atoms with van der Waals surface area (Å²) in [4.78, 5) is 22.7. The molecule has 0 aromatic heterocycles. The van der Waals surface area contributed by atoms with Crippen LogP contribution >= 0.6 is 0 Å². The number of ether oxygens (including phenoxy) is 2. The Labute approximate surface area is 129 Å². The molecule has 0 bridgehead atoms. The van der Waals surface area contributed by atoms with Gasteiger partial charge in [-0.25, -0.2) is 4.79 Å². The smallest absolute Gasteiger partial charge is 0.337 e. The van der Waals surface area contributed by atoms with E-state index in [0.29, 0.717) is 18.6 Å². The molecular formula is C18H16O4. The minimum absolute atomic E-state index is 0.0449. The van der Waals surface area contributed by atoms with Gasteiger partial charge in [0.15, 0.2) is 0 Å². The van der Waals surface area contributed by atoms with Crippen LogP contribution in [-0.2, 0) is 14.3 Å². The van der Waals surface area contributed by atoms with Crippen LogP contribution in [0.5, 0.6) is 0 Å². The van der Waals surface area contributed by atoms with E-state index < -0.39 is 0 Å². The zero-order valence-corrected chi connectivity index (χ0v) is 12.5. The van der Waals surface area contributed by atoms with Crippen molar-refractivity contribution in [2.75, 3.05) is 20.8 Å². The second-order valence-electron chi connectivity index (χ2n) is 4.93. The second kappa shape index (κ2) is 7.45. The molecule has 2 unspecified atom stereocenters. The lowest BCUT2D eigenvalue weighted by Gasteiger charge is -2.30. The van der Waals surface area contributed by atoms with Gasteiger partial charge in [-0.1, -0.05) is 11.8 Å². The van der Waals surface area contributed by atoms with Crippen LogP contribution in [0.2, 0.25) is 0 Å². The summed E-state index contributed by atoms with van der Waals surface area (Å²) in [6, 6.07) is 6.79. The van der Waals surface area contributed by atoms with Crippen molar-refractivity contribution in [3.8, 4) is 23.7 Å². The third kappa shape index (κ3) is 3.75. The number of esters is 1. The van der Waals surface area contributed by atoms with Crippen LogP contribution in [0.4, 0.5) is 0 Å². The van der Waals surface area contributed by atoms with Crippen LogP contribution in [0.25, 0.3) is 0 Å². The van der Waals surface area contributed by atoms with Crippen molar-refractivity contribution < 1.29 is 19.1 Å². The molecule has 112 valence electrons. The summed E-state index contributed by atoms with van der Waals surface area (Å²) in [5, 5.41) is 0. The molecule has 1 aliphatic rings. The van der Waals surface area contributed by atoms with Gasteiger partial charge < -0.3 is 9.47 Å². The van der Waals surface area contributed by atoms with E-state index in [2.05, 4.69) is 28.4 Å². The zero-order valence-electron chi connectivity index (χ0n) is 12.5. The van der Waals surface area contributed by atoms with Crippen LogP contribution < -0.4 is 0 Å². The minimum atomic E-state index is -0.377. The Kier molecular flexibility index (Phi) is 5.36. The molecule has 0 saturated heterocycles. The maximum Gasteiger partial charge on any atom is 0.337 e. The van der Waals surface area contributed by atoms with Crippen molar-refractivity contribution in [2.24, 2.45) is 11.8 Å². The van der Waals surface area contributed by atoms with Crippen LogP contribution in [0.15, 0.2) is 24.3 Å². The average molecular weight is 296 g/mol. The Balaban J connectivity index is 1.96. The summed E-state index contributed by atoms with van der Waals surface area (Å²) in [5.41, 5.74) is 1.25. The molecule has 0 aliphatic heterocycles. The standard InChI is InChI=1S/C18H16O4/c1-21-12-16-15(11-17(16)19)6-4-3-5-13-7-9-14(10-8-13)18(20)22-2/h7-10,15-16H,11-12H2,1-2H3. The van der Waals surface area contributed by atoms with E-state index in [4.69, 9.17) is 4.74 Å². The molecule has 0 N–H and O–H groups in total. The second-order valence-corrected chi connectivity index (χ2v) is 4.93. The monoisotopic (exact) mass is 296 g/mol. The maximum absolute atomic E-state index is 11.4. The fraction of sp³-hybridized carbons (Fsp3) is 0.333. The lowest BCUT2D eigenvalue weighted by atomic mass is 9.73. The largest absolute Gasteiger partial charge is 0.465 e. The van der Waals surface area contributed by atoms with Gasteiger partial charge in [-0.2, -0.15) is 0 Å². The molecular weight excluding hydrogens is 280 g/mol. The Hall–Kier alpha value is -2.56. The number of hydrogen-bond donors (Lipinski definition) is 0. The van der Waals surface area contributed by atoms with Gasteiger partial charge >= 0.3 is 5.97 Å². The van der Waals surface area contributed by atoms with Crippen LogP contribution in [0.3, 0.4) is 0 Å². The molecule has 0 heterocycles. The number of ketones is 1. The predicted octanol–water partition coefficient (Wildman–Crippen LogP) is 1.68. The molecule has 22 heavy (non-hydrogen) atoms. The number of rotatable bonds is 3. The molecule has 1 aliphatic carbocycles. The van der Waals surface area contributed by atoms with Crippen LogP contribution in [-0.4, -0.2) is 32.6 Å². The highest BCUT2D eigenvalue weighted by atomic mass is 16.5. The van der Waals surface area contributed by atoms with Crippen molar-refractivity contribution >= 4 is 11.8 Å². The van der Waals surface area contributed by atoms with E-state index >= 15 is 0 Å². The van der Waals surface area contributed by atoms with Crippen LogP contribution in [0, 0.1) is 35.5 Å². The van der Waals surface area contributed by atoms with Crippen molar-refractivity contribution in [1.82, 2.24) is 0 Å². The number of hydrogen-bond acceptors (Lipinski definition) is 4. The Morgan fingerprint density at radius 3 is 2.55 bits per heavy atom. The van der Waals surface area contributed by atoms with Gasteiger partial charge in [-0.15, -0.1) is 0 Å². The topological polar surface area (TPSA) is 52.6 Å². The van der Waals surface area contributed by atoms with Gasteiger partial charge in [-0.3, -0.25) is 4.79 Å². The van der Waals surface area contributed by atoms with Gasteiger partial charge in [0.2, 0.25) is 0 Å². The molecule has 0 spiro atoms. The molecule has 1 saturated carbocycles. The van der Waals surface area contributed by atoms with E-state index in [9.17, 15) is 9.59 Å². The van der Waals surface area contributed by atoms with E-state index in [-0.39, 0.29) is 23.6 Å². The average Bonchev–Trinajstić information content (AvgIpc) is 2.55. The molecule has 4 heteroatoms. The first-order chi connectivity index (χ1) is 10.7. The highest BCUT2D eigenvalue weighted by molar-refractivity contribution is 5.89. The molecule has 1 fully saturated rings. The zero-order chi connectivity index (χ0) is 15.9. The Morgan fingerprint density at radius 2 is 1.95 bits per heavy atom. The number of carbonyl (C=O) groups is 2. The van der Waals surface area contributed by atoms with Gasteiger partial charge in [0.25, 0.3) is 0 Å². The van der Waals surface area contributed by atoms with E-state index in [0.717, 1.165) is 5.56 Å². The number of carbonyl (C=O) groups excluding carboxylic acids is 2. The molecule has 0 radical (unpaired) electrons. The van der Waals surface area contributed by atoms with Crippen molar-refractivity contribution in [2.45, 2.75) is 6.42 Å². The first kappa shape index (κ1) is 15.8. The maximum atomic E-state index is 11.4. The highest BCUT2D eigenvalue weighted by Crippen LogP contribution is 2.29. The number of Topliss-reactive ketones (excluding diaryl/α,β-unsaturated/α-hetero) is 1. The first-order valence-corrected chi connectivity index (χ1v) is 6.87. The lowest BCUT2D eigenvalue weighted by Crippen LogP contribution is -2.39. The fourth-order valence-corrected chi connectivity index (χ4v) is 2.15. The molecule has 0 amide bonds. The molecule has 1 aromatic rings. The third-order valence-electron chi connectivity index (χ3n) is 3.50. The summed E-state index contributed by atoms with van der Waals surface area (Å²) < 4.78 is 9.62. The van der Waals surface area contributed by atoms with Gasteiger partial charge in [0.1, 0.15) is 5.78 Å². The van der Waals surface area contributed by atoms with Crippen LogP contribution in [0.1, 0.15) is 22.3 Å². The Bertz CT molecular complexity index is 680. The summed E-state index contributed by atoms with van der Waals surface area (Å²) in [6.45, 7) is 0.417. The fourth-order valence-electron chi connectivity index (χ4n) is 2.15. The quantitative estimate of drug-likeness (QED) is 0.629. The number of methoxy groups -OCH3 is 2. The first-order valence-electron chi connectivity index (χ1n) is 6.87. The Morgan fingerprint density at radius 1 is 1.23 bits per heavy atom. The van der Waals surface area contributed by atoms with Gasteiger partial charge in [0, 0.05) is 25.0 Å². The SMILES string of the molecule is COCC1C(=O)CC1C#CC#Cc1ccc(C(=O)OC)cc1. The van der Waals surface area contributed by atoms with Gasteiger partial charge in [-0.05, 0) is 36.1 Å². The van der Waals surface area contributed by atoms with Crippen molar-refractivity contribution in [1.29, 1.82) is 0 Å². The van der Waals surface area contributed by atoms with E-state index in [1.165, 1.54) is 7.11 Å². The molecule has 4 nitrogen and oxygen atoms in total. The summed E-state index contributed by atoms with van der Waals surface area (Å²) in [6.07, 6.45) is 0.483. The van der Waals surface area contributed by atoms with Crippen molar-refractivity contribution in [3.05, 3.63) is 35.4 Å². The lowest BCUT2D eigenvalue weighted by molar-refractivity contribution is -0.134. The molecule has 2 atom stereocenters. The van der Waals surface area contributed by atoms with Crippen molar-refractivity contribution in [3.63, 3.8) is 0 Å². The third-order valence-corrected chi connectivity index (χ3v) is 3.50. The molecule has 1 aromatic carbocycles. The number of benzene rings is 1. The normalized spacial score (nSPS) is 19.1. The summed E-state index contributed by atoms with van der Waals surface area (Å²) in [7, 11) is 2.92. The van der Waals surface area contributed by atoms with E-state index in [1.807, 2.05) is 0 Å². The van der Waals surface area contributed by atoms with E-state index in [1.54, 1.807) is 31.4 Å². The molecule has 2 rings (SSSR count). The summed E-state index contributed by atoms with van der Waals surface area (Å²) in [5.74, 6) is 11.2. The highest BCUT2D eigenvalue weighted by Gasteiger charge is 2.38. The predicted molar refractivity (Wildman–Crippen MR) is 80.9 cm³/mol.